The van der Waals surface area contributed by atoms with Crippen molar-refractivity contribution in [3.8, 4) is 17.2 Å². The second-order valence-electron chi connectivity index (χ2n) is 9.78. The fourth-order valence-electron chi connectivity index (χ4n) is 4.97. The first kappa shape index (κ1) is 23.2. The monoisotopic (exact) mass is 473 g/mol. The number of hydrogen-bond donors (Lipinski definition) is 0. The molecular formula is C25H35N3O6. The maximum absolute atomic E-state index is 13.2. The Kier molecular flexibility index (Phi) is 7.10. The second kappa shape index (κ2) is 10.4. The molecule has 2 saturated heterocycles. The normalized spacial score (nSPS) is 23.0. The number of hydrogen-bond acceptors (Lipinski definition) is 7. The van der Waals surface area contributed by atoms with Crippen molar-refractivity contribution in [2.45, 2.75) is 44.8 Å². The largest absolute Gasteiger partial charge is 0.493 e. The molecule has 1 atom stereocenters. The first-order valence-corrected chi connectivity index (χ1v) is 12.4. The summed E-state index contributed by atoms with van der Waals surface area (Å²) in [6.45, 7) is 5.38. The fourth-order valence-corrected chi connectivity index (χ4v) is 4.97. The summed E-state index contributed by atoms with van der Waals surface area (Å²) in [6.07, 6.45) is 4.83. The summed E-state index contributed by atoms with van der Waals surface area (Å²) in [6, 6.07) is 3.92. The van der Waals surface area contributed by atoms with Gasteiger partial charge in [0.2, 0.25) is 24.4 Å². The van der Waals surface area contributed by atoms with Crippen LogP contribution in [0.1, 0.15) is 37.7 Å². The van der Waals surface area contributed by atoms with Crippen molar-refractivity contribution in [2.24, 2.45) is 5.92 Å². The fraction of sp³-hybridized carbons (Fsp3) is 0.680. The molecule has 1 saturated carbocycles. The number of rotatable bonds is 10. The number of benzene rings is 1. The van der Waals surface area contributed by atoms with Crippen LogP contribution in [0.4, 0.5) is 0 Å². The number of likely N-dealkylation sites (tertiary alicyclic amines) is 1. The van der Waals surface area contributed by atoms with Gasteiger partial charge in [0.05, 0.1) is 19.8 Å². The van der Waals surface area contributed by atoms with E-state index in [9.17, 15) is 9.59 Å². The molecule has 9 heteroatoms. The van der Waals surface area contributed by atoms with Crippen LogP contribution in [-0.2, 0) is 20.9 Å². The summed E-state index contributed by atoms with van der Waals surface area (Å²) in [5.74, 6) is 2.96. The first-order chi connectivity index (χ1) is 16.6. The van der Waals surface area contributed by atoms with Gasteiger partial charge in [-0.15, -0.1) is 0 Å². The highest BCUT2D eigenvalue weighted by atomic mass is 16.7. The van der Waals surface area contributed by atoms with Crippen LogP contribution in [0.25, 0.3) is 0 Å². The summed E-state index contributed by atoms with van der Waals surface area (Å²) in [5, 5.41) is 0. The van der Waals surface area contributed by atoms with E-state index in [2.05, 4.69) is 4.90 Å². The van der Waals surface area contributed by atoms with E-state index >= 15 is 0 Å². The molecule has 3 heterocycles. The molecule has 5 rings (SSSR count). The van der Waals surface area contributed by atoms with Gasteiger partial charge < -0.3 is 28.7 Å². The summed E-state index contributed by atoms with van der Waals surface area (Å²) < 4.78 is 22.8. The zero-order valence-electron chi connectivity index (χ0n) is 20.0. The van der Waals surface area contributed by atoms with Gasteiger partial charge in [0.15, 0.2) is 11.5 Å². The van der Waals surface area contributed by atoms with E-state index in [-0.39, 0.29) is 24.7 Å². The lowest BCUT2D eigenvalue weighted by Gasteiger charge is -2.26. The minimum atomic E-state index is -0.0311. The Balaban J connectivity index is 1.24. The van der Waals surface area contributed by atoms with Crippen LogP contribution < -0.4 is 14.2 Å². The Hall–Kier alpha value is -2.52. The minimum Gasteiger partial charge on any atom is -0.493 e. The van der Waals surface area contributed by atoms with E-state index in [4.69, 9.17) is 18.9 Å². The van der Waals surface area contributed by atoms with Crippen LogP contribution in [0.15, 0.2) is 12.1 Å². The molecule has 0 bridgehead atoms. The topological polar surface area (TPSA) is 80.8 Å². The van der Waals surface area contributed by atoms with Crippen molar-refractivity contribution >= 4 is 11.8 Å². The standard InChI is InChI=1S/C25H35N3O6/c1-31-21-10-19(11-22-25(21)34-17-33-22)12-26-13-20(32-16-18-5-6-18)14-28(24(30)15-26)9-3-8-27-7-2-4-23(27)29/h10-11,18,20H,2-9,12-17H2,1H3/t20-/m0/s1. The van der Waals surface area contributed by atoms with Crippen molar-refractivity contribution in [2.75, 3.05) is 59.8 Å². The van der Waals surface area contributed by atoms with Gasteiger partial charge in [-0.25, -0.2) is 0 Å². The number of fused-ring (bicyclic) bond motifs is 1. The summed E-state index contributed by atoms with van der Waals surface area (Å²) in [5.41, 5.74) is 1.01. The van der Waals surface area contributed by atoms with Gasteiger partial charge in [-0.2, -0.15) is 0 Å². The number of carbonyl (C=O) groups excluding carboxylic acids is 2. The van der Waals surface area contributed by atoms with E-state index in [0.29, 0.717) is 62.3 Å². The molecule has 186 valence electrons. The highest BCUT2D eigenvalue weighted by Gasteiger charge is 2.31. The van der Waals surface area contributed by atoms with Gasteiger partial charge >= 0.3 is 0 Å². The van der Waals surface area contributed by atoms with Gasteiger partial charge in [-0.05, 0) is 49.3 Å². The molecule has 0 unspecified atom stereocenters. The molecule has 34 heavy (non-hydrogen) atoms. The zero-order valence-corrected chi connectivity index (χ0v) is 20.0. The molecule has 0 N–H and O–H groups in total. The van der Waals surface area contributed by atoms with Crippen LogP contribution in [0.5, 0.6) is 17.2 Å². The molecular weight excluding hydrogens is 438 g/mol. The van der Waals surface area contributed by atoms with Gasteiger partial charge in [0.25, 0.3) is 0 Å². The molecule has 3 aliphatic heterocycles. The molecule has 9 nitrogen and oxygen atoms in total. The van der Waals surface area contributed by atoms with Crippen LogP contribution in [0.2, 0.25) is 0 Å². The number of methoxy groups -OCH3 is 1. The third-order valence-electron chi connectivity index (χ3n) is 7.01. The molecule has 1 aliphatic carbocycles. The molecule has 4 aliphatic rings. The number of ether oxygens (including phenoxy) is 4. The Labute approximate surface area is 200 Å². The Bertz CT molecular complexity index is 905. The van der Waals surface area contributed by atoms with Gasteiger partial charge in [0.1, 0.15) is 0 Å². The molecule has 1 aromatic carbocycles. The predicted molar refractivity (Wildman–Crippen MR) is 124 cm³/mol. The SMILES string of the molecule is COc1cc(CN2CC(=O)N(CCCN3CCCC3=O)C[C@@H](OCC3CC3)C2)cc2c1OCO2. The van der Waals surface area contributed by atoms with Crippen LogP contribution in [-0.4, -0.2) is 92.4 Å². The Morgan fingerprint density at radius 2 is 1.91 bits per heavy atom. The molecule has 0 spiro atoms. The molecule has 0 aromatic heterocycles. The van der Waals surface area contributed by atoms with Gasteiger partial charge in [-0.1, -0.05) is 0 Å². The number of carbonyl (C=O) groups is 2. The van der Waals surface area contributed by atoms with Crippen LogP contribution in [0.3, 0.4) is 0 Å². The van der Waals surface area contributed by atoms with E-state index in [1.165, 1.54) is 12.8 Å². The van der Waals surface area contributed by atoms with Crippen molar-refractivity contribution < 1.29 is 28.5 Å². The second-order valence-corrected chi connectivity index (χ2v) is 9.78. The van der Waals surface area contributed by atoms with E-state index in [1.54, 1.807) is 7.11 Å². The quantitative estimate of drug-likeness (QED) is 0.513. The summed E-state index contributed by atoms with van der Waals surface area (Å²) in [7, 11) is 1.62. The molecule has 3 fully saturated rings. The average Bonchev–Trinajstić information content (AvgIpc) is 3.42. The third-order valence-corrected chi connectivity index (χ3v) is 7.01. The summed E-state index contributed by atoms with van der Waals surface area (Å²) >= 11 is 0. The maximum Gasteiger partial charge on any atom is 0.236 e. The molecule has 0 radical (unpaired) electrons. The lowest BCUT2D eigenvalue weighted by Crippen LogP contribution is -2.40. The van der Waals surface area contributed by atoms with Crippen LogP contribution >= 0.6 is 0 Å². The zero-order chi connectivity index (χ0) is 23.5. The van der Waals surface area contributed by atoms with Crippen LogP contribution in [0, 0.1) is 5.92 Å². The van der Waals surface area contributed by atoms with Crippen molar-refractivity contribution in [1.82, 2.24) is 14.7 Å². The highest BCUT2D eigenvalue weighted by molar-refractivity contribution is 5.79. The smallest absolute Gasteiger partial charge is 0.236 e. The lowest BCUT2D eigenvalue weighted by molar-refractivity contribution is -0.132. The van der Waals surface area contributed by atoms with E-state index < -0.39 is 0 Å². The molecule has 1 aromatic rings. The minimum absolute atomic E-state index is 0.0311. The number of nitrogens with zero attached hydrogens (tertiary/aromatic N) is 3. The van der Waals surface area contributed by atoms with Crippen molar-refractivity contribution in [1.29, 1.82) is 0 Å². The highest BCUT2D eigenvalue weighted by Crippen LogP contribution is 2.42. The van der Waals surface area contributed by atoms with E-state index in [1.807, 2.05) is 21.9 Å². The lowest BCUT2D eigenvalue weighted by atomic mass is 10.1. The predicted octanol–water partition coefficient (Wildman–Crippen LogP) is 1.88. The van der Waals surface area contributed by atoms with Gasteiger partial charge in [0, 0.05) is 52.3 Å². The number of amides is 2. The Morgan fingerprint density at radius 3 is 2.68 bits per heavy atom. The molecule has 2 amide bonds. The Morgan fingerprint density at radius 1 is 1.06 bits per heavy atom. The van der Waals surface area contributed by atoms with Crippen molar-refractivity contribution in [3.63, 3.8) is 0 Å². The third kappa shape index (κ3) is 5.58. The van der Waals surface area contributed by atoms with Gasteiger partial charge in [-0.3, -0.25) is 14.5 Å². The maximum atomic E-state index is 13.2. The van der Waals surface area contributed by atoms with Crippen molar-refractivity contribution in [3.05, 3.63) is 17.7 Å². The average molecular weight is 474 g/mol. The summed E-state index contributed by atoms with van der Waals surface area (Å²) in [4.78, 5) is 31.1. The first-order valence-electron chi connectivity index (χ1n) is 12.4. The van der Waals surface area contributed by atoms with E-state index in [0.717, 1.165) is 38.1 Å².